The van der Waals surface area contributed by atoms with E-state index in [1.807, 2.05) is 53.4 Å². The third-order valence-corrected chi connectivity index (χ3v) is 7.12. The molecule has 2 amide bonds. The Morgan fingerprint density at radius 2 is 1.61 bits per heavy atom. The van der Waals surface area contributed by atoms with Gasteiger partial charge in [-0.25, -0.2) is 8.42 Å². The maximum Gasteiger partial charge on any atom is 0.269 e. The largest absolute Gasteiger partial charge is 0.379 e. The summed E-state index contributed by atoms with van der Waals surface area (Å²) in [6, 6.07) is 17.1. The lowest BCUT2D eigenvalue weighted by molar-refractivity contribution is -0.121. The molecule has 10 heteroatoms. The quantitative estimate of drug-likeness (QED) is 0.533. The number of hydrogen-bond acceptors (Lipinski definition) is 5. The van der Waals surface area contributed by atoms with Crippen molar-refractivity contribution in [1.82, 2.24) is 19.7 Å². The highest BCUT2D eigenvalue weighted by Gasteiger charge is 2.26. The molecule has 33 heavy (non-hydrogen) atoms. The van der Waals surface area contributed by atoms with Crippen molar-refractivity contribution in [3.05, 3.63) is 84.2 Å². The van der Waals surface area contributed by atoms with E-state index in [2.05, 4.69) is 10.9 Å². The van der Waals surface area contributed by atoms with Crippen LogP contribution < -0.4 is 10.9 Å². The van der Waals surface area contributed by atoms with Crippen molar-refractivity contribution in [2.75, 3.05) is 26.3 Å². The number of sulfonamides is 1. The van der Waals surface area contributed by atoms with Crippen LogP contribution in [0.1, 0.15) is 15.9 Å². The zero-order valence-corrected chi connectivity index (χ0v) is 18.6. The molecule has 9 nitrogen and oxygen atoms in total. The summed E-state index contributed by atoms with van der Waals surface area (Å²) in [6.07, 6.45) is 3.94. The number of rotatable bonds is 6. The van der Waals surface area contributed by atoms with Crippen LogP contribution >= 0.6 is 0 Å². The molecule has 1 aliphatic heterocycles. The zero-order chi connectivity index (χ0) is 23.3. The molecule has 1 saturated heterocycles. The summed E-state index contributed by atoms with van der Waals surface area (Å²) in [7, 11) is -3.73. The van der Waals surface area contributed by atoms with E-state index in [0.717, 1.165) is 11.3 Å². The molecular weight excluding hydrogens is 444 g/mol. The summed E-state index contributed by atoms with van der Waals surface area (Å²) < 4.78 is 34.1. The molecule has 1 aromatic heterocycles. The molecule has 0 saturated carbocycles. The number of ether oxygens (including phenoxy) is 1. The lowest BCUT2D eigenvalue weighted by atomic mass is 10.1. The van der Waals surface area contributed by atoms with Gasteiger partial charge in [-0.15, -0.1) is 0 Å². The van der Waals surface area contributed by atoms with Gasteiger partial charge in [-0.2, -0.15) is 4.31 Å². The number of hydrazine groups is 1. The first-order valence-electron chi connectivity index (χ1n) is 10.4. The van der Waals surface area contributed by atoms with Crippen LogP contribution in [-0.2, 0) is 26.0 Å². The van der Waals surface area contributed by atoms with Crippen molar-refractivity contribution in [3.8, 4) is 5.69 Å². The lowest BCUT2D eigenvalue weighted by Crippen LogP contribution is -2.42. The zero-order valence-electron chi connectivity index (χ0n) is 17.8. The summed E-state index contributed by atoms with van der Waals surface area (Å²) in [5.74, 6) is -1.00. The molecule has 0 spiro atoms. The standard InChI is InChI=1S/C23H24N4O5S/c28-22(16-18-6-8-20(9-7-18)26-10-1-2-11-26)24-25-23(29)19-4-3-5-21(17-19)33(30,31)27-12-14-32-15-13-27/h1-11,17H,12-16H2,(H,24,28)(H,25,29). The molecule has 172 valence electrons. The Morgan fingerprint density at radius 1 is 0.909 bits per heavy atom. The number of benzene rings is 2. The highest BCUT2D eigenvalue weighted by atomic mass is 32.2. The van der Waals surface area contributed by atoms with Gasteiger partial charge in [0, 0.05) is 36.7 Å². The first-order valence-corrected chi connectivity index (χ1v) is 11.9. The van der Waals surface area contributed by atoms with E-state index in [-0.39, 0.29) is 30.0 Å². The van der Waals surface area contributed by atoms with Crippen LogP contribution in [-0.4, -0.2) is 55.4 Å². The lowest BCUT2D eigenvalue weighted by Gasteiger charge is -2.26. The molecule has 0 atom stereocenters. The van der Waals surface area contributed by atoms with E-state index in [4.69, 9.17) is 4.74 Å². The molecule has 0 unspecified atom stereocenters. The number of amides is 2. The van der Waals surface area contributed by atoms with Gasteiger partial charge in [0.15, 0.2) is 0 Å². The summed E-state index contributed by atoms with van der Waals surface area (Å²) in [5, 5.41) is 0. The van der Waals surface area contributed by atoms with Gasteiger partial charge in [-0.3, -0.25) is 20.4 Å². The Morgan fingerprint density at radius 3 is 2.30 bits per heavy atom. The Balaban J connectivity index is 1.34. The smallest absolute Gasteiger partial charge is 0.269 e. The molecule has 0 radical (unpaired) electrons. The maximum atomic E-state index is 12.8. The number of carbonyl (C=O) groups excluding carboxylic acids is 2. The second-order valence-electron chi connectivity index (χ2n) is 7.48. The van der Waals surface area contributed by atoms with Gasteiger partial charge in [-0.1, -0.05) is 18.2 Å². The third-order valence-electron chi connectivity index (χ3n) is 5.22. The topological polar surface area (TPSA) is 110 Å². The first kappa shape index (κ1) is 22.7. The number of nitrogens with one attached hydrogen (secondary N) is 2. The SMILES string of the molecule is O=C(Cc1ccc(-n2cccc2)cc1)NNC(=O)c1cccc(S(=O)(=O)N2CCOCC2)c1. The van der Waals surface area contributed by atoms with Crippen LogP contribution in [0.25, 0.3) is 5.69 Å². The van der Waals surface area contributed by atoms with Crippen molar-refractivity contribution in [1.29, 1.82) is 0 Å². The molecule has 0 aliphatic carbocycles. The summed E-state index contributed by atoms with van der Waals surface area (Å²) in [5.41, 5.74) is 6.60. The normalized spacial score (nSPS) is 14.5. The Labute approximate surface area is 192 Å². The second kappa shape index (κ2) is 9.99. The van der Waals surface area contributed by atoms with Gasteiger partial charge in [0.05, 0.1) is 24.5 Å². The van der Waals surface area contributed by atoms with Crippen LogP contribution in [0.3, 0.4) is 0 Å². The first-order chi connectivity index (χ1) is 15.9. The van der Waals surface area contributed by atoms with Crippen molar-refractivity contribution >= 4 is 21.8 Å². The molecule has 0 bridgehead atoms. The van der Waals surface area contributed by atoms with Gasteiger partial charge in [0.1, 0.15) is 0 Å². The van der Waals surface area contributed by atoms with Crippen molar-refractivity contribution < 1.29 is 22.7 Å². The van der Waals surface area contributed by atoms with Crippen molar-refractivity contribution in [3.63, 3.8) is 0 Å². The minimum Gasteiger partial charge on any atom is -0.379 e. The molecule has 1 aliphatic rings. The molecular formula is C23H24N4O5S. The molecule has 2 aromatic carbocycles. The van der Waals surface area contributed by atoms with E-state index in [9.17, 15) is 18.0 Å². The molecule has 2 heterocycles. The van der Waals surface area contributed by atoms with E-state index < -0.39 is 21.8 Å². The van der Waals surface area contributed by atoms with Crippen LogP contribution in [0.5, 0.6) is 0 Å². The van der Waals surface area contributed by atoms with E-state index in [0.29, 0.717) is 13.2 Å². The van der Waals surface area contributed by atoms with Crippen LogP contribution in [0.4, 0.5) is 0 Å². The Kier molecular flexibility index (Phi) is 6.87. The molecule has 2 N–H and O–H groups in total. The van der Waals surface area contributed by atoms with Crippen LogP contribution in [0.2, 0.25) is 0 Å². The number of aromatic nitrogens is 1. The van der Waals surface area contributed by atoms with Crippen LogP contribution in [0, 0.1) is 0 Å². The summed E-state index contributed by atoms with van der Waals surface area (Å²) in [4.78, 5) is 24.7. The number of morpholine rings is 1. The molecule has 3 aromatic rings. The second-order valence-corrected chi connectivity index (χ2v) is 9.42. The highest BCUT2D eigenvalue weighted by Crippen LogP contribution is 2.18. The van der Waals surface area contributed by atoms with Gasteiger partial charge in [0.25, 0.3) is 5.91 Å². The van der Waals surface area contributed by atoms with E-state index in [1.165, 1.54) is 28.6 Å². The van der Waals surface area contributed by atoms with Gasteiger partial charge in [-0.05, 0) is 48.0 Å². The minimum absolute atomic E-state index is 0.0196. The van der Waals surface area contributed by atoms with Gasteiger partial charge in [0.2, 0.25) is 15.9 Å². The van der Waals surface area contributed by atoms with Crippen LogP contribution in [0.15, 0.2) is 78.0 Å². The number of carbonyl (C=O) groups is 2. The maximum absolute atomic E-state index is 12.8. The van der Waals surface area contributed by atoms with Gasteiger partial charge >= 0.3 is 0 Å². The molecule has 1 fully saturated rings. The number of hydrogen-bond donors (Lipinski definition) is 2. The van der Waals surface area contributed by atoms with E-state index >= 15 is 0 Å². The predicted molar refractivity (Wildman–Crippen MR) is 121 cm³/mol. The van der Waals surface area contributed by atoms with Crippen molar-refractivity contribution in [2.45, 2.75) is 11.3 Å². The monoisotopic (exact) mass is 468 g/mol. The minimum atomic E-state index is -3.73. The van der Waals surface area contributed by atoms with Gasteiger partial charge < -0.3 is 9.30 Å². The summed E-state index contributed by atoms with van der Waals surface area (Å²) in [6.45, 7) is 1.20. The predicted octanol–water partition coefficient (Wildman–Crippen LogP) is 1.50. The average Bonchev–Trinajstić information content (AvgIpc) is 3.39. The third kappa shape index (κ3) is 5.48. The fourth-order valence-corrected chi connectivity index (χ4v) is 4.91. The Bertz CT molecular complexity index is 1220. The highest BCUT2D eigenvalue weighted by molar-refractivity contribution is 7.89. The fourth-order valence-electron chi connectivity index (χ4n) is 3.45. The fraction of sp³-hybridized carbons (Fsp3) is 0.217. The average molecular weight is 469 g/mol. The van der Waals surface area contributed by atoms with E-state index in [1.54, 1.807) is 0 Å². The van der Waals surface area contributed by atoms with Crippen molar-refractivity contribution in [2.24, 2.45) is 0 Å². The Hall–Kier alpha value is -3.47. The number of nitrogens with zero attached hydrogens (tertiary/aromatic N) is 2. The summed E-state index contributed by atoms with van der Waals surface area (Å²) >= 11 is 0. The molecule has 4 rings (SSSR count).